The lowest BCUT2D eigenvalue weighted by molar-refractivity contribution is -0.143. The molecule has 1 aliphatic rings. The number of hydrogen-bond acceptors (Lipinski definition) is 3. The Morgan fingerprint density at radius 1 is 1.44 bits per heavy atom. The standard InChI is InChI=1S/C13H24N2O3/c1-4-6-9(2)14-12(16)10(3)15-8-5-7-11(15)13(17)18/h9-11H,4-8H2,1-3H3,(H,14,16)(H,17,18). The van der Waals surface area contributed by atoms with Gasteiger partial charge in [0.25, 0.3) is 0 Å². The van der Waals surface area contributed by atoms with E-state index in [0.29, 0.717) is 13.0 Å². The van der Waals surface area contributed by atoms with Crippen molar-refractivity contribution in [2.24, 2.45) is 0 Å². The lowest BCUT2D eigenvalue weighted by Crippen LogP contribution is -2.51. The van der Waals surface area contributed by atoms with E-state index >= 15 is 0 Å². The Morgan fingerprint density at radius 3 is 2.67 bits per heavy atom. The number of amides is 1. The average molecular weight is 256 g/mol. The van der Waals surface area contributed by atoms with Crippen LogP contribution in [-0.4, -0.2) is 46.6 Å². The summed E-state index contributed by atoms with van der Waals surface area (Å²) in [6.07, 6.45) is 3.45. The smallest absolute Gasteiger partial charge is 0.320 e. The molecule has 18 heavy (non-hydrogen) atoms. The number of nitrogens with one attached hydrogen (secondary N) is 1. The van der Waals surface area contributed by atoms with E-state index in [-0.39, 0.29) is 18.0 Å². The quantitative estimate of drug-likeness (QED) is 0.750. The fourth-order valence-corrected chi connectivity index (χ4v) is 2.54. The van der Waals surface area contributed by atoms with Crippen molar-refractivity contribution in [1.82, 2.24) is 10.2 Å². The first-order chi connectivity index (χ1) is 8.47. The van der Waals surface area contributed by atoms with E-state index < -0.39 is 12.0 Å². The predicted molar refractivity (Wildman–Crippen MR) is 69.3 cm³/mol. The molecule has 0 aromatic heterocycles. The summed E-state index contributed by atoms with van der Waals surface area (Å²) in [6, 6.07) is -0.726. The van der Waals surface area contributed by atoms with Crippen LogP contribution in [0.2, 0.25) is 0 Å². The summed E-state index contributed by atoms with van der Waals surface area (Å²) in [5, 5.41) is 12.1. The molecule has 3 unspecified atom stereocenters. The third-order valence-electron chi connectivity index (χ3n) is 3.57. The number of carbonyl (C=O) groups is 2. The average Bonchev–Trinajstić information content (AvgIpc) is 2.76. The number of nitrogens with zero attached hydrogens (tertiary/aromatic N) is 1. The van der Waals surface area contributed by atoms with Crippen LogP contribution in [0.4, 0.5) is 0 Å². The summed E-state index contributed by atoms with van der Waals surface area (Å²) in [5.74, 6) is -0.891. The molecule has 0 spiro atoms. The first kappa shape index (κ1) is 15.0. The summed E-state index contributed by atoms with van der Waals surface area (Å²) in [6.45, 7) is 6.53. The maximum atomic E-state index is 12.0. The number of carbonyl (C=O) groups excluding carboxylic acids is 1. The first-order valence-corrected chi connectivity index (χ1v) is 6.76. The van der Waals surface area contributed by atoms with Gasteiger partial charge in [-0.2, -0.15) is 0 Å². The minimum absolute atomic E-state index is 0.0656. The van der Waals surface area contributed by atoms with Crippen LogP contribution >= 0.6 is 0 Å². The number of rotatable bonds is 6. The van der Waals surface area contributed by atoms with E-state index in [9.17, 15) is 9.59 Å². The molecule has 0 saturated carbocycles. The van der Waals surface area contributed by atoms with Gasteiger partial charge in [0.05, 0.1) is 6.04 Å². The number of carboxylic acid groups (broad SMARTS) is 1. The van der Waals surface area contributed by atoms with E-state index in [1.54, 1.807) is 11.8 Å². The Morgan fingerprint density at radius 2 is 2.11 bits per heavy atom. The van der Waals surface area contributed by atoms with Gasteiger partial charge in [-0.25, -0.2) is 0 Å². The zero-order valence-electron chi connectivity index (χ0n) is 11.5. The molecular formula is C13H24N2O3. The van der Waals surface area contributed by atoms with Crippen molar-refractivity contribution >= 4 is 11.9 Å². The minimum Gasteiger partial charge on any atom is -0.480 e. The molecule has 1 fully saturated rings. The van der Waals surface area contributed by atoms with Gasteiger partial charge in [-0.1, -0.05) is 13.3 Å². The van der Waals surface area contributed by atoms with Crippen LogP contribution in [0.25, 0.3) is 0 Å². The number of likely N-dealkylation sites (tertiary alicyclic amines) is 1. The van der Waals surface area contributed by atoms with Crippen molar-refractivity contribution in [3.63, 3.8) is 0 Å². The van der Waals surface area contributed by atoms with Gasteiger partial charge in [-0.3, -0.25) is 14.5 Å². The second kappa shape index (κ2) is 6.73. The summed E-state index contributed by atoms with van der Waals surface area (Å²) in [4.78, 5) is 24.9. The van der Waals surface area contributed by atoms with Crippen LogP contribution in [0.1, 0.15) is 46.5 Å². The van der Waals surface area contributed by atoms with Crippen LogP contribution in [0.15, 0.2) is 0 Å². The summed E-state index contributed by atoms with van der Waals surface area (Å²) < 4.78 is 0. The van der Waals surface area contributed by atoms with E-state index in [0.717, 1.165) is 19.3 Å². The monoisotopic (exact) mass is 256 g/mol. The van der Waals surface area contributed by atoms with Crippen LogP contribution < -0.4 is 5.32 Å². The van der Waals surface area contributed by atoms with Gasteiger partial charge in [0.1, 0.15) is 6.04 Å². The van der Waals surface area contributed by atoms with E-state index in [4.69, 9.17) is 5.11 Å². The van der Waals surface area contributed by atoms with Gasteiger partial charge in [0.15, 0.2) is 0 Å². The lowest BCUT2D eigenvalue weighted by Gasteiger charge is -2.28. The van der Waals surface area contributed by atoms with Crippen molar-refractivity contribution in [2.45, 2.75) is 64.6 Å². The molecule has 3 atom stereocenters. The molecule has 0 aromatic rings. The van der Waals surface area contributed by atoms with Crippen LogP contribution in [0.3, 0.4) is 0 Å². The Kier molecular flexibility index (Phi) is 5.59. The van der Waals surface area contributed by atoms with Crippen LogP contribution in [-0.2, 0) is 9.59 Å². The fourth-order valence-electron chi connectivity index (χ4n) is 2.54. The Bertz CT molecular complexity index is 307. The molecule has 0 radical (unpaired) electrons. The van der Waals surface area contributed by atoms with E-state index in [1.807, 2.05) is 6.92 Å². The molecule has 5 nitrogen and oxygen atoms in total. The zero-order valence-corrected chi connectivity index (χ0v) is 11.5. The van der Waals surface area contributed by atoms with Gasteiger partial charge < -0.3 is 10.4 Å². The maximum absolute atomic E-state index is 12.0. The normalized spacial score (nSPS) is 23.6. The van der Waals surface area contributed by atoms with Crippen molar-refractivity contribution in [3.05, 3.63) is 0 Å². The second-order valence-corrected chi connectivity index (χ2v) is 5.11. The second-order valence-electron chi connectivity index (χ2n) is 5.11. The molecule has 0 bridgehead atoms. The molecular weight excluding hydrogens is 232 g/mol. The largest absolute Gasteiger partial charge is 0.480 e. The van der Waals surface area contributed by atoms with Gasteiger partial charge >= 0.3 is 5.97 Å². The van der Waals surface area contributed by atoms with Gasteiger partial charge in [-0.15, -0.1) is 0 Å². The summed E-state index contributed by atoms with van der Waals surface area (Å²) in [7, 11) is 0. The first-order valence-electron chi connectivity index (χ1n) is 6.76. The Hall–Kier alpha value is -1.10. The molecule has 5 heteroatoms. The van der Waals surface area contributed by atoms with Gasteiger partial charge in [-0.05, 0) is 39.7 Å². The molecule has 1 saturated heterocycles. The van der Waals surface area contributed by atoms with Crippen molar-refractivity contribution in [1.29, 1.82) is 0 Å². The molecule has 0 aliphatic carbocycles. The highest BCUT2D eigenvalue weighted by Gasteiger charge is 2.36. The highest BCUT2D eigenvalue weighted by atomic mass is 16.4. The SMILES string of the molecule is CCCC(C)NC(=O)C(C)N1CCCC1C(=O)O. The highest BCUT2D eigenvalue weighted by molar-refractivity contribution is 5.83. The molecule has 1 aliphatic heterocycles. The zero-order chi connectivity index (χ0) is 13.7. The molecule has 0 aromatic carbocycles. The van der Waals surface area contributed by atoms with Crippen molar-refractivity contribution in [2.75, 3.05) is 6.54 Å². The third kappa shape index (κ3) is 3.70. The molecule has 1 rings (SSSR count). The summed E-state index contributed by atoms with van der Waals surface area (Å²) in [5.41, 5.74) is 0. The van der Waals surface area contributed by atoms with E-state index in [2.05, 4.69) is 12.2 Å². The molecule has 104 valence electrons. The van der Waals surface area contributed by atoms with E-state index in [1.165, 1.54) is 0 Å². The van der Waals surface area contributed by atoms with Gasteiger partial charge in [0, 0.05) is 6.04 Å². The number of carboxylic acids is 1. The molecule has 1 amide bonds. The van der Waals surface area contributed by atoms with Crippen LogP contribution in [0.5, 0.6) is 0 Å². The van der Waals surface area contributed by atoms with Crippen molar-refractivity contribution in [3.8, 4) is 0 Å². The molecule has 2 N–H and O–H groups in total. The number of hydrogen-bond donors (Lipinski definition) is 2. The topological polar surface area (TPSA) is 69.6 Å². The molecule has 1 heterocycles. The fraction of sp³-hybridized carbons (Fsp3) is 0.846. The lowest BCUT2D eigenvalue weighted by atomic mass is 10.1. The summed E-state index contributed by atoms with van der Waals surface area (Å²) >= 11 is 0. The minimum atomic E-state index is -0.825. The maximum Gasteiger partial charge on any atom is 0.320 e. The Labute approximate surface area is 109 Å². The predicted octanol–water partition coefficient (Wildman–Crippen LogP) is 1.23. The highest BCUT2D eigenvalue weighted by Crippen LogP contribution is 2.20. The van der Waals surface area contributed by atoms with Crippen LogP contribution in [0, 0.1) is 0 Å². The third-order valence-corrected chi connectivity index (χ3v) is 3.57. The van der Waals surface area contributed by atoms with Gasteiger partial charge in [0.2, 0.25) is 5.91 Å². The Balaban J connectivity index is 2.55. The van der Waals surface area contributed by atoms with Crippen molar-refractivity contribution < 1.29 is 14.7 Å². The number of aliphatic carboxylic acids is 1.